The Hall–Kier alpha value is -0.370. The van der Waals surface area contributed by atoms with Crippen molar-refractivity contribution in [1.29, 1.82) is 0 Å². The quantitative estimate of drug-likeness (QED) is 0.625. The number of ketones is 1. The monoisotopic (exact) mass is 197 g/mol. The van der Waals surface area contributed by atoms with Gasteiger partial charge in [0, 0.05) is 12.5 Å². The lowest BCUT2D eigenvalue weighted by Crippen LogP contribution is -2.33. The molecule has 0 aromatic carbocycles. The summed E-state index contributed by atoms with van der Waals surface area (Å²) in [5.41, 5.74) is 0. The average molecular weight is 197 g/mol. The minimum atomic E-state index is 0.389. The molecule has 0 amide bonds. The summed E-state index contributed by atoms with van der Waals surface area (Å²) in [4.78, 5) is 13.7. The molecule has 1 fully saturated rings. The van der Waals surface area contributed by atoms with Gasteiger partial charge >= 0.3 is 0 Å². The van der Waals surface area contributed by atoms with Crippen LogP contribution in [0, 0.1) is 5.92 Å². The summed E-state index contributed by atoms with van der Waals surface area (Å²) in [6, 6.07) is 0.726. The number of rotatable bonds is 7. The van der Waals surface area contributed by atoms with Gasteiger partial charge in [-0.2, -0.15) is 0 Å². The summed E-state index contributed by atoms with van der Waals surface area (Å²) in [5, 5.41) is 0. The first-order chi connectivity index (χ1) is 6.63. The van der Waals surface area contributed by atoms with Gasteiger partial charge in [-0.25, -0.2) is 0 Å². The molecule has 82 valence electrons. The van der Waals surface area contributed by atoms with E-state index in [-0.39, 0.29) is 0 Å². The Bertz CT molecular complexity index is 185. The van der Waals surface area contributed by atoms with Gasteiger partial charge in [0.15, 0.2) is 0 Å². The van der Waals surface area contributed by atoms with Crippen LogP contribution >= 0.6 is 0 Å². The molecule has 0 bridgehead atoms. The number of hydrogen-bond acceptors (Lipinski definition) is 2. The van der Waals surface area contributed by atoms with Crippen molar-refractivity contribution in [3.8, 4) is 0 Å². The number of nitrogens with zero attached hydrogens (tertiary/aromatic N) is 1. The van der Waals surface area contributed by atoms with Gasteiger partial charge in [0.2, 0.25) is 0 Å². The Labute approximate surface area is 87.7 Å². The molecular weight excluding hydrogens is 174 g/mol. The van der Waals surface area contributed by atoms with Gasteiger partial charge in [-0.3, -0.25) is 9.69 Å². The minimum absolute atomic E-state index is 0.389. The van der Waals surface area contributed by atoms with Gasteiger partial charge in [-0.05, 0) is 31.7 Å². The topological polar surface area (TPSA) is 20.3 Å². The van der Waals surface area contributed by atoms with Crippen molar-refractivity contribution in [2.24, 2.45) is 5.92 Å². The summed E-state index contributed by atoms with van der Waals surface area (Å²) in [6.07, 6.45) is 4.50. The fourth-order valence-electron chi connectivity index (χ4n) is 1.59. The van der Waals surface area contributed by atoms with Gasteiger partial charge < -0.3 is 0 Å². The third kappa shape index (κ3) is 4.23. The molecule has 0 aromatic rings. The zero-order valence-corrected chi connectivity index (χ0v) is 9.75. The first-order valence-electron chi connectivity index (χ1n) is 5.89. The lowest BCUT2D eigenvalue weighted by Gasteiger charge is -2.21. The zero-order chi connectivity index (χ0) is 10.6. The molecule has 0 heterocycles. The van der Waals surface area contributed by atoms with Crippen LogP contribution in [0.2, 0.25) is 0 Å². The van der Waals surface area contributed by atoms with Crippen LogP contribution in [-0.2, 0) is 4.79 Å². The first-order valence-corrected chi connectivity index (χ1v) is 5.89. The maximum atomic E-state index is 11.4. The highest BCUT2D eigenvalue weighted by molar-refractivity contribution is 5.80. The molecule has 1 rings (SSSR count). The number of hydrogen-bond donors (Lipinski definition) is 0. The van der Waals surface area contributed by atoms with Gasteiger partial charge in [0.05, 0.1) is 6.54 Å². The Morgan fingerprint density at radius 1 is 1.43 bits per heavy atom. The highest BCUT2D eigenvalue weighted by Crippen LogP contribution is 2.27. The van der Waals surface area contributed by atoms with Gasteiger partial charge in [0.1, 0.15) is 5.78 Å². The summed E-state index contributed by atoms with van der Waals surface area (Å²) in [7, 11) is 0. The maximum Gasteiger partial charge on any atom is 0.146 e. The first kappa shape index (κ1) is 11.7. The van der Waals surface area contributed by atoms with E-state index < -0.39 is 0 Å². The normalized spacial score (nSPS) is 16.6. The molecule has 0 saturated heterocycles. The molecule has 0 atom stereocenters. The molecule has 0 N–H and O–H groups in total. The predicted molar refractivity (Wildman–Crippen MR) is 59.3 cm³/mol. The van der Waals surface area contributed by atoms with E-state index in [2.05, 4.69) is 18.7 Å². The van der Waals surface area contributed by atoms with Crippen LogP contribution in [0.25, 0.3) is 0 Å². The molecule has 0 aromatic heterocycles. The van der Waals surface area contributed by atoms with Gasteiger partial charge in [0.25, 0.3) is 0 Å². The van der Waals surface area contributed by atoms with Crippen molar-refractivity contribution >= 4 is 5.78 Å². The number of carbonyl (C=O) groups is 1. The van der Waals surface area contributed by atoms with Crippen molar-refractivity contribution in [3.05, 3.63) is 0 Å². The SMILES string of the molecule is CCC(=O)CN(CCC(C)C)C1CC1. The van der Waals surface area contributed by atoms with E-state index in [4.69, 9.17) is 0 Å². The van der Waals surface area contributed by atoms with Crippen molar-refractivity contribution in [2.45, 2.75) is 52.5 Å². The largest absolute Gasteiger partial charge is 0.298 e. The molecule has 0 radical (unpaired) electrons. The maximum absolute atomic E-state index is 11.4. The van der Waals surface area contributed by atoms with E-state index in [1.165, 1.54) is 19.3 Å². The summed E-state index contributed by atoms with van der Waals surface area (Å²) in [6.45, 7) is 8.23. The molecule has 1 aliphatic carbocycles. The van der Waals surface area contributed by atoms with E-state index >= 15 is 0 Å². The third-order valence-corrected chi connectivity index (χ3v) is 2.83. The molecule has 0 aliphatic heterocycles. The van der Waals surface area contributed by atoms with Crippen LogP contribution < -0.4 is 0 Å². The van der Waals surface area contributed by atoms with E-state index in [1.54, 1.807) is 0 Å². The van der Waals surface area contributed by atoms with Crippen LogP contribution in [0.15, 0.2) is 0 Å². The third-order valence-electron chi connectivity index (χ3n) is 2.83. The van der Waals surface area contributed by atoms with E-state index in [9.17, 15) is 4.79 Å². The number of Topliss-reactive ketones (excluding diaryl/α,β-unsaturated/α-hetero) is 1. The number of carbonyl (C=O) groups excluding carboxylic acids is 1. The van der Waals surface area contributed by atoms with Crippen LogP contribution in [-0.4, -0.2) is 29.8 Å². The molecule has 2 nitrogen and oxygen atoms in total. The van der Waals surface area contributed by atoms with Crippen molar-refractivity contribution in [2.75, 3.05) is 13.1 Å². The highest BCUT2D eigenvalue weighted by atomic mass is 16.1. The standard InChI is InChI=1S/C12H23NO/c1-4-12(14)9-13(11-5-6-11)8-7-10(2)3/h10-11H,4-9H2,1-3H3. The van der Waals surface area contributed by atoms with Crippen LogP contribution in [0.1, 0.15) is 46.5 Å². The fraction of sp³-hybridized carbons (Fsp3) is 0.917. The molecular formula is C12H23NO. The minimum Gasteiger partial charge on any atom is -0.298 e. The van der Waals surface area contributed by atoms with E-state index in [0.717, 1.165) is 18.5 Å². The molecule has 1 aliphatic rings. The van der Waals surface area contributed by atoms with Crippen LogP contribution in [0.3, 0.4) is 0 Å². The molecule has 0 unspecified atom stereocenters. The second-order valence-electron chi connectivity index (χ2n) is 4.78. The van der Waals surface area contributed by atoms with E-state index in [1.807, 2.05) is 6.92 Å². The second kappa shape index (κ2) is 5.50. The average Bonchev–Trinajstić information content (AvgIpc) is 2.94. The van der Waals surface area contributed by atoms with Gasteiger partial charge in [-0.1, -0.05) is 20.8 Å². The highest BCUT2D eigenvalue weighted by Gasteiger charge is 2.29. The Balaban J connectivity index is 2.27. The van der Waals surface area contributed by atoms with Gasteiger partial charge in [-0.15, -0.1) is 0 Å². The lowest BCUT2D eigenvalue weighted by molar-refractivity contribution is -0.120. The van der Waals surface area contributed by atoms with Crippen molar-refractivity contribution in [3.63, 3.8) is 0 Å². The van der Waals surface area contributed by atoms with Crippen LogP contribution in [0.5, 0.6) is 0 Å². The Morgan fingerprint density at radius 3 is 2.50 bits per heavy atom. The second-order valence-corrected chi connectivity index (χ2v) is 4.78. The summed E-state index contributed by atoms with van der Waals surface area (Å²) >= 11 is 0. The fourth-order valence-corrected chi connectivity index (χ4v) is 1.59. The summed E-state index contributed by atoms with van der Waals surface area (Å²) in [5.74, 6) is 1.13. The van der Waals surface area contributed by atoms with Crippen molar-refractivity contribution < 1.29 is 4.79 Å². The van der Waals surface area contributed by atoms with Crippen LogP contribution in [0.4, 0.5) is 0 Å². The molecule has 2 heteroatoms. The van der Waals surface area contributed by atoms with Crippen molar-refractivity contribution in [1.82, 2.24) is 4.90 Å². The lowest BCUT2D eigenvalue weighted by atomic mass is 10.1. The summed E-state index contributed by atoms with van der Waals surface area (Å²) < 4.78 is 0. The smallest absolute Gasteiger partial charge is 0.146 e. The molecule has 0 spiro atoms. The van der Waals surface area contributed by atoms with E-state index in [0.29, 0.717) is 18.7 Å². The molecule has 14 heavy (non-hydrogen) atoms. The zero-order valence-electron chi connectivity index (χ0n) is 9.75. The predicted octanol–water partition coefficient (Wildman–Crippen LogP) is 2.48. The Morgan fingerprint density at radius 2 is 2.07 bits per heavy atom. The Kier molecular flexibility index (Phi) is 4.59. The molecule has 1 saturated carbocycles.